The molecule has 0 atom stereocenters. The number of esters is 1. The molecule has 0 unspecified atom stereocenters. The Kier molecular flexibility index (Phi) is 5.21. The highest BCUT2D eigenvalue weighted by Gasteiger charge is 2.25. The summed E-state index contributed by atoms with van der Waals surface area (Å²) >= 11 is 0. The minimum atomic E-state index is -0.588. The van der Waals surface area contributed by atoms with Gasteiger partial charge in [0.05, 0.1) is 7.11 Å². The Balaban J connectivity index is 1.88. The number of aliphatic imine (C=N–C) groups is 1. The highest BCUT2D eigenvalue weighted by molar-refractivity contribution is 6.13. The van der Waals surface area contributed by atoms with Crippen LogP contribution in [0.1, 0.15) is 16.7 Å². The van der Waals surface area contributed by atoms with Gasteiger partial charge in [0.25, 0.3) is 5.91 Å². The molecule has 138 valence electrons. The first kappa shape index (κ1) is 18.2. The van der Waals surface area contributed by atoms with Crippen LogP contribution >= 0.6 is 0 Å². The van der Waals surface area contributed by atoms with Crippen LogP contribution in [0.5, 0.6) is 11.5 Å². The van der Waals surface area contributed by atoms with E-state index in [0.717, 1.165) is 11.1 Å². The second-order valence-electron chi connectivity index (χ2n) is 5.82. The third kappa shape index (κ3) is 4.14. The van der Waals surface area contributed by atoms with E-state index in [9.17, 15) is 9.59 Å². The van der Waals surface area contributed by atoms with Crippen molar-refractivity contribution >= 4 is 23.9 Å². The van der Waals surface area contributed by atoms with Gasteiger partial charge in [0.2, 0.25) is 5.90 Å². The number of primary amides is 1. The fourth-order valence-corrected chi connectivity index (χ4v) is 2.54. The van der Waals surface area contributed by atoms with Crippen molar-refractivity contribution in [3.05, 3.63) is 64.9 Å². The number of hydrogen-bond donors (Lipinski definition) is 1. The molecular formula is C20H18N2O5. The van der Waals surface area contributed by atoms with Gasteiger partial charge < -0.3 is 19.9 Å². The third-order valence-electron chi connectivity index (χ3n) is 3.86. The van der Waals surface area contributed by atoms with Gasteiger partial charge in [0, 0.05) is 5.56 Å². The van der Waals surface area contributed by atoms with Crippen molar-refractivity contribution in [3.8, 4) is 11.5 Å². The smallest absolute Gasteiger partial charge is 0.363 e. The number of methoxy groups -OCH3 is 1. The molecule has 1 amide bonds. The summed E-state index contributed by atoms with van der Waals surface area (Å²) in [5.41, 5.74) is 7.65. The van der Waals surface area contributed by atoms with Gasteiger partial charge in [-0.3, -0.25) is 4.79 Å². The van der Waals surface area contributed by atoms with E-state index in [1.807, 2.05) is 31.2 Å². The lowest BCUT2D eigenvalue weighted by atomic mass is 10.1. The van der Waals surface area contributed by atoms with Crippen LogP contribution < -0.4 is 15.2 Å². The van der Waals surface area contributed by atoms with E-state index in [1.165, 1.54) is 7.11 Å². The van der Waals surface area contributed by atoms with Crippen molar-refractivity contribution in [2.45, 2.75) is 6.92 Å². The zero-order valence-electron chi connectivity index (χ0n) is 14.9. The third-order valence-corrected chi connectivity index (χ3v) is 3.86. The van der Waals surface area contributed by atoms with E-state index in [0.29, 0.717) is 17.1 Å². The number of nitrogens with two attached hydrogens (primary N) is 1. The van der Waals surface area contributed by atoms with Gasteiger partial charge in [0.15, 0.2) is 23.8 Å². The summed E-state index contributed by atoms with van der Waals surface area (Å²) in [6, 6.07) is 12.5. The Morgan fingerprint density at radius 3 is 2.70 bits per heavy atom. The van der Waals surface area contributed by atoms with Gasteiger partial charge >= 0.3 is 5.97 Å². The van der Waals surface area contributed by atoms with Crippen LogP contribution in [-0.2, 0) is 14.3 Å². The van der Waals surface area contributed by atoms with E-state index in [2.05, 4.69) is 4.99 Å². The molecule has 1 aliphatic heterocycles. The highest BCUT2D eigenvalue weighted by atomic mass is 16.6. The Hall–Kier alpha value is -3.61. The highest BCUT2D eigenvalue weighted by Crippen LogP contribution is 2.30. The molecule has 2 aromatic rings. The van der Waals surface area contributed by atoms with Crippen LogP contribution in [0.2, 0.25) is 0 Å². The maximum Gasteiger partial charge on any atom is 0.363 e. The molecule has 2 N–H and O–H groups in total. The van der Waals surface area contributed by atoms with E-state index in [4.69, 9.17) is 19.9 Å². The van der Waals surface area contributed by atoms with Crippen molar-refractivity contribution in [1.29, 1.82) is 0 Å². The fraction of sp³-hybridized carbons (Fsp3) is 0.150. The quantitative estimate of drug-likeness (QED) is 0.624. The molecular weight excluding hydrogens is 348 g/mol. The molecule has 0 saturated heterocycles. The second-order valence-corrected chi connectivity index (χ2v) is 5.82. The molecule has 0 aliphatic carbocycles. The SMILES string of the molecule is COc1cc(C=C2N=C(c3ccccc3C)OC2=O)ccc1OCC(N)=O. The summed E-state index contributed by atoms with van der Waals surface area (Å²) in [5.74, 6) is -0.0642. The van der Waals surface area contributed by atoms with Crippen LogP contribution in [-0.4, -0.2) is 31.5 Å². The topological polar surface area (TPSA) is 100 Å². The number of ether oxygens (including phenoxy) is 3. The van der Waals surface area contributed by atoms with E-state index in [-0.39, 0.29) is 18.2 Å². The van der Waals surface area contributed by atoms with Gasteiger partial charge in [-0.1, -0.05) is 24.3 Å². The van der Waals surface area contributed by atoms with Gasteiger partial charge in [-0.05, 0) is 42.3 Å². The van der Waals surface area contributed by atoms with Crippen LogP contribution in [0.3, 0.4) is 0 Å². The summed E-state index contributed by atoms with van der Waals surface area (Å²) in [5, 5.41) is 0. The van der Waals surface area contributed by atoms with Gasteiger partial charge in [-0.2, -0.15) is 0 Å². The molecule has 0 bridgehead atoms. The molecule has 0 spiro atoms. The Bertz CT molecular complexity index is 963. The number of carbonyl (C=O) groups excluding carboxylic acids is 2. The molecule has 7 nitrogen and oxygen atoms in total. The number of carbonyl (C=O) groups is 2. The van der Waals surface area contributed by atoms with E-state index in [1.54, 1.807) is 24.3 Å². The predicted octanol–water partition coefficient (Wildman–Crippen LogP) is 2.21. The van der Waals surface area contributed by atoms with Crippen molar-refractivity contribution in [2.24, 2.45) is 10.7 Å². The summed E-state index contributed by atoms with van der Waals surface area (Å²) in [6.45, 7) is 1.66. The van der Waals surface area contributed by atoms with E-state index >= 15 is 0 Å². The summed E-state index contributed by atoms with van der Waals surface area (Å²) in [4.78, 5) is 27.3. The van der Waals surface area contributed by atoms with Crippen molar-refractivity contribution in [1.82, 2.24) is 0 Å². The van der Waals surface area contributed by atoms with Crippen molar-refractivity contribution in [2.75, 3.05) is 13.7 Å². The monoisotopic (exact) mass is 366 g/mol. The predicted molar refractivity (Wildman–Crippen MR) is 99.5 cm³/mol. The van der Waals surface area contributed by atoms with Crippen LogP contribution in [0.25, 0.3) is 6.08 Å². The molecule has 2 aromatic carbocycles. The zero-order valence-corrected chi connectivity index (χ0v) is 14.9. The van der Waals surface area contributed by atoms with Crippen LogP contribution in [0.15, 0.2) is 53.2 Å². The summed E-state index contributed by atoms with van der Waals surface area (Å²) < 4.78 is 15.8. The van der Waals surface area contributed by atoms with Crippen LogP contribution in [0.4, 0.5) is 0 Å². The largest absolute Gasteiger partial charge is 0.493 e. The standard InChI is InChI=1S/C20H18N2O5/c1-12-5-3-4-6-14(12)19-22-15(20(24)27-19)9-13-7-8-16(17(10-13)25-2)26-11-18(21)23/h3-10H,11H2,1-2H3,(H2,21,23). The molecule has 0 aromatic heterocycles. The van der Waals surface area contributed by atoms with Crippen molar-refractivity contribution in [3.63, 3.8) is 0 Å². The number of nitrogens with zero attached hydrogens (tertiary/aromatic N) is 1. The number of amides is 1. The Morgan fingerprint density at radius 1 is 1.22 bits per heavy atom. The molecule has 7 heteroatoms. The fourth-order valence-electron chi connectivity index (χ4n) is 2.54. The average molecular weight is 366 g/mol. The molecule has 0 fully saturated rings. The number of aryl methyl sites for hydroxylation is 1. The number of benzene rings is 2. The number of hydrogen-bond acceptors (Lipinski definition) is 6. The number of rotatable bonds is 6. The maximum absolute atomic E-state index is 12.2. The maximum atomic E-state index is 12.2. The average Bonchev–Trinajstić information content (AvgIpc) is 3.01. The molecule has 3 rings (SSSR count). The minimum absolute atomic E-state index is 0.182. The molecule has 27 heavy (non-hydrogen) atoms. The van der Waals surface area contributed by atoms with Crippen molar-refractivity contribution < 1.29 is 23.8 Å². The van der Waals surface area contributed by atoms with Gasteiger partial charge in [-0.25, -0.2) is 9.79 Å². The lowest BCUT2D eigenvalue weighted by molar-refractivity contribution is -0.130. The van der Waals surface area contributed by atoms with Crippen LogP contribution in [0, 0.1) is 6.92 Å². The lowest BCUT2D eigenvalue weighted by Gasteiger charge is -2.09. The summed E-state index contributed by atoms with van der Waals surface area (Å²) in [6.07, 6.45) is 1.59. The Labute approximate surface area is 156 Å². The Morgan fingerprint density at radius 2 is 2.00 bits per heavy atom. The molecule has 0 saturated carbocycles. The minimum Gasteiger partial charge on any atom is -0.493 e. The first-order valence-corrected chi connectivity index (χ1v) is 8.15. The first-order valence-electron chi connectivity index (χ1n) is 8.15. The molecule has 1 heterocycles. The second kappa shape index (κ2) is 7.74. The summed E-state index contributed by atoms with van der Waals surface area (Å²) in [7, 11) is 1.47. The lowest BCUT2D eigenvalue weighted by Crippen LogP contribution is -2.20. The van der Waals surface area contributed by atoms with Gasteiger partial charge in [0.1, 0.15) is 0 Å². The van der Waals surface area contributed by atoms with Gasteiger partial charge in [-0.15, -0.1) is 0 Å². The normalized spacial score (nSPS) is 14.7. The first-order chi connectivity index (χ1) is 13.0. The number of cyclic esters (lactones) is 1. The zero-order chi connectivity index (χ0) is 19.4. The molecule has 0 radical (unpaired) electrons. The van der Waals surface area contributed by atoms with E-state index < -0.39 is 11.9 Å². The molecule has 1 aliphatic rings.